The van der Waals surface area contributed by atoms with Crippen LogP contribution in [0.15, 0.2) is 46.3 Å². The Kier molecular flexibility index (Phi) is 5.16. The number of halogens is 2. The number of aromatic nitrogens is 1. The SMILES string of the molecule is NS(=O)(=O)c1ccccc1S(=O)(=O)NC(=O)c1cnc(Cl)c(Cl)c1. The summed E-state index contributed by atoms with van der Waals surface area (Å²) in [5, 5.41) is 4.88. The number of rotatable bonds is 4. The van der Waals surface area contributed by atoms with Gasteiger partial charge in [0.05, 0.1) is 10.6 Å². The fourth-order valence-corrected chi connectivity index (χ4v) is 4.32. The third-order valence-corrected chi connectivity index (χ3v) is 5.90. The van der Waals surface area contributed by atoms with E-state index in [2.05, 4.69) is 4.98 Å². The van der Waals surface area contributed by atoms with Crippen molar-refractivity contribution in [3.05, 3.63) is 52.3 Å². The van der Waals surface area contributed by atoms with Gasteiger partial charge in [0.15, 0.2) is 0 Å². The van der Waals surface area contributed by atoms with Crippen LogP contribution in [-0.2, 0) is 20.0 Å². The molecule has 0 bridgehead atoms. The first-order chi connectivity index (χ1) is 11.0. The highest BCUT2D eigenvalue weighted by Gasteiger charge is 2.26. The molecule has 0 atom stereocenters. The Labute approximate surface area is 147 Å². The van der Waals surface area contributed by atoms with Crippen molar-refractivity contribution in [2.24, 2.45) is 5.14 Å². The van der Waals surface area contributed by atoms with E-state index in [1.807, 2.05) is 0 Å². The second-order valence-corrected chi connectivity index (χ2v) is 8.37. The monoisotopic (exact) mass is 409 g/mol. The molecule has 1 aromatic heterocycles. The van der Waals surface area contributed by atoms with Crippen LogP contribution in [0.25, 0.3) is 0 Å². The normalized spacial score (nSPS) is 12.0. The summed E-state index contributed by atoms with van der Waals surface area (Å²) in [5.41, 5.74) is -0.180. The van der Waals surface area contributed by atoms with E-state index in [4.69, 9.17) is 28.3 Å². The van der Waals surface area contributed by atoms with Gasteiger partial charge in [-0.15, -0.1) is 0 Å². The molecule has 1 aromatic carbocycles. The van der Waals surface area contributed by atoms with Gasteiger partial charge >= 0.3 is 0 Å². The van der Waals surface area contributed by atoms with Crippen LogP contribution in [0.4, 0.5) is 0 Å². The highest BCUT2D eigenvalue weighted by molar-refractivity contribution is 7.92. The molecule has 12 heteroatoms. The van der Waals surface area contributed by atoms with Crippen LogP contribution in [-0.4, -0.2) is 27.7 Å². The van der Waals surface area contributed by atoms with E-state index < -0.39 is 35.7 Å². The molecule has 0 unspecified atom stereocenters. The summed E-state index contributed by atoms with van der Waals surface area (Å²) in [7, 11) is -8.82. The largest absolute Gasteiger partial charge is 0.268 e. The second kappa shape index (κ2) is 6.65. The Hall–Kier alpha value is -1.72. The third kappa shape index (κ3) is 4.02. The highest BCUT2D eigenvalue weighted by Crippen LogP contribution is 2.21. The van der Waals surface area contributed by atoms with Crippen LogP contribution >= 0.6 is 23.2 Å². The molecule has 0 aliphatic rings. The van der Waals surface area contributed by atoms with Crippen molar-refractivity contribution in [1.82, 2.24) is 9.71 Å². The lowest BCUT2D eigenvalue weighted by molar-refractivity contribution is 0.0981. The van der Waals surface area contributed by atoms with Gasteiger partial charge in [0, 0.05) is 6.20 Å². The van der Waals surface area contributed by atoms with Crippen LogP contribution < -0.4 is 9.86 Å². The van der Waals surface area contributed by atoms with Crippen molar-refractivity contribution in [2.45, 2.75) is 9.79 Å². The van der Waals surface area contributed by atoms with Gasteiger partial charge in [-0.3, -0.25) is 4.79 Å². The zero-order chi connectivity index (χ0) is 18.1. The van der Waals surface area contributed by atoms with E-state index in [0.717, 1.165) is 24.4 Å². The Morgan fingerprint density at radius 2 is 1.67 bits per heavy atom. The average Bonchev–Trinajstić information content (AvgIpc) is 2.48. The first kappa shape index (κ1) is 18.6. The number of nitrogens with two attached hydrogens (primary N) is 1. The average molecular weight is 410 g/mol. The van der Waals surface area contributed by atoms with Gasteiger partial charge in [-0.05, 0) is 18.2 Å². The maximum Gasteiger partial charge on any atom is 0.266 e. The van der Waals surface area contributed by atoms with Gasteiger partial charge in [-0.2, -0.15) is 0 Å². The number of sulfonamides is 2. The van der Waals surface area contributed by atoms with E-state index in [9.17, 15) is 21.6 Å². The molecule has 1 amide bonds. The molecule has 3 N–H and O–H groups in total. The summed E-state index contributed by atoms with van der Waals surface area (Å²) in [6.45, 7) is 0. The van der Waals surface area contributed by atoms with Crippen molar-refractivity contribution in [3.8, 4) is 0 Å². The molecule has 0 saturated carbocycles. The van der Waals surface area contributed by atoms with Crippen molar-refractivity contribution in [3.63, 3.8) is 0 Å². The molecule has 0 saturated heterocycles. The zero-order valence-corrected chi connectivity index (χ0v) is 14.7. The third-order valence-electron chi connectivity index (χ3n) is 2.73. The molecule has 2 aromatic rings. The number of carbonyl (C=O) groups is 1. The molecule has 0 aliphatic heterocycles. The van der Waals surface area contributed by atoms with Crippen LogP contribution in [0.5, 0.6) is 0 Å². The van der Waals surface area contributed by atoms with E-state index in [0.29, 0.717) is 0 Å². The summed E-state index contributed by atoms with van der Waals surface area (Å²) in [4.78, 5) is 14.4. The molecule has 0 radical (unpaired) electrons. The maximum atomic E-state index is 12.3. The first-order valence-corrected chi connectivity index (χ1v) is 9.81. The Morgan fingerprint density at radius 1 is 1.08 bits per heavy atom. The predicted octanol–water partition coefficient (Wildman–Crippen LogP) is 1.15. The number of benzene rings is 1. The van der Waals surface area contributed by atoms with E-state index in [1.54, 1.807) is 4.72 Å². The Balaban J connectivity index is 2.42. The van der Waals surface area contributed by atoms with Crippen molar-refractivity contribution >= 4 is 49.2 Å². The van der Waals surface area contributed by atoms with Gasteiger partial charge in [0.1, 0.15) is 14.9 Å². The van der Waals surface area contributed by atoms with Crippen LogP contribution in [0.2, 0.25) is 10.2 Å². The molecule has 1 heterocycles. The van der Waals surface area contributed by atoms with E-state index >= 15 is 0 Å². The number of hydrogen-bond acceptors (Lipinski definition) is 6. The van der Waals surface area contributed by atoms with E-state index in [-0.39, 0.29) is 15.7 Å². The maximum absolute atomic E-state index is 12.3. The smallest absolute Gasteiger partial charge is 0.266 e. The number of hydrogen-bond donors (Lipinski definition) is 2. The summed E-state index contributed by atoms with van der Waals surface area (Å²) < 4.78 is 49.3. The zero-order valence-electron chi connectivity index (χ0n) is 11.6. The number of nitrogens with zero attached hydrogens (tertiary/aromatic N) is 1. The van der Waals surface area contributed by atoms with Crippen molar-refractivity contribution in [2.75, 3.05) is 0 Å². The lowest BCUT2D eigenvalue weighted by Crippen LogP contribution is -2.32. The molecule has 0 spiro atoms. The van der Waals surface area contributed by atoms with Gasteiger partial charge in [-0.25, -0.2) is 31.7 Å². The second-order valence-electron chi connectivity index (χ2n) is 4.42. The number of nitrogens with one attached hydrogen (secondary N) is 1. The number of primary sulfonamides is 1. The molecular formula is C12H9Cl2N3O5S2. The molecule has 0 aliphatic carbocycles. The van der Waals surface area contributed by atoms with Crippen molar-refractivity contribution in [1.29, 1.82) is 0 Å². The Bertz CT molecular complexity index is 1020. The summed E-state index contributed by atoms with van der Waals surface area (Å²) in [6.07, 6.45) is 1.02. The predicted molar refractivity (Wildman–Crippen MR) is 86.7 cm³/mol. The molecule has 2 rings (SSSR count). The summed E-state index contributed by atoms with van der Waals surface area (Å²) in [6, 6.07) is 5.71. The molecule has 8 nitrogen and oxygen atoms in total. The molecular weight excluding hydrogens is 401 g/mol. The van der Waals surface area contributed by atoms with Crippen LogP contribution in [0.3, 0.4) is 0 Å². The topological polar surface area (TPSA) is 136 Å². The number of carbonyl (C=O) groups excluding carboxylic acids is 1. The fourth-order valence-electron chi connectivity index (χ4n) is 1.69. The highest BCUT2D eigenvalue weighted by atomic mass is 35.5. The molecule has 24 heavy (non-hydrogen) atoms. The van der Waals surface area contributed by atoms with Crippen LogP contribution in [0, 0.1) is 0 Å². The van der Waals surface area contributed by atoms with Gasteiger partial charge < -0.3 is 0 Å². The Morgan fingerprint density at radius 3 is 2.21 bits per heavy atom. The minimum atomic E-state index is -4.51. The summed E-state index contributed by atoms with van der Waals surface area (Å²) >= 11 is 11.3. The molecule has 128 valence electrons. The number of pyridine rings is 1. The van der Waals surface area contributed by atoms with Gasteiger partial charge in [0.25, 0.3) is 15.9 Å². The summed E-state index contributed by atoms with van der Waals surface area (Å²) in [5.74, 6) is -1.06. The minimum absolute atomic E-state index is 0.0494. The van der Waals surface area contributed by atoms with E-state index in [1.165, 1.54) is 12.1 Å². The van der Waals surface area contributed by atoms with Gasteiger partial charge in [-0.1, -0.05) is 35.3 Å². The van der Waals surface area contributed by atoms with Crippen LogP contribution in [0.1, 0.15) is 10.4 Å². The first-order valence-electron chi connectivity index (χ1n) is 6.02. The number of amides is 1. The quantitative estimate of drug-likeness (QED) is 0.726. The fraction of sp³-hybridized carbons (Fsp3) is 0. The lowest BCUT2D eigenvalue weighted by atomic mass is 10.3. The lowest BCUT2D eigenvalue weighted by Gasteiger charge is -2.10. The molecule has 0 fully saturated rings. The standard InChI is InChI=1S/C12H9Cl2N3O5S2/c13-8-5-7(6-16-11(8)14)12(18)17-24(21,22)10-4-2-1-3-9(10)23(15,19)20/h1-6H,(H,17,18)(H2,15,19,20). The van der Waals surface area contributed by atoms with Crippen molar-refractivity contribution < 1.29 is 21.6 Å². The minimum Gasteiger partial charge on any atom is -0.268 e. The van der Waals surface area contributed by atoms with Gasteiger partial charge in [0.2, 0.25) is 10.0 Å².